The monoisotopic (exact) mass is 277 g/mol. The number of amides is 4. The highest BCUT2D eigenvalue weighted by atomic mass is 127. The second-order valence-electron chi connectivity index (χ2n) is 1.10. The van der Waals surface area contributed by atoms with Gasteiger partial charge in [-0.25, -0.2) is 10.1 Å². The molecule has 0 bridgehead atoms. The van der Waals surface area contributed by atoms with Crippen LogP contribution in [0.3, 0.4) is 0 Å². The molecule has 0 aromatic heterocycles. The van der Waals surface area contributed by atoms with E-state index in [0.717, 1.165) is 12.0 Å². The van der Waals surface area contributed by atoms with Crippen molar-refractivity contribution in [2.45, 2.75) is 0 Å². The molecule has 0 aliphatic carbocycles. The Morgan fingerprint density at radius 3 is 2.40 bits per heavy atom. The van der Waals surface area contributed by atoms with Gasteiger partial charge in [-0.3, -0.25) is 0 Å². The number of carbonyl (C=O) groups is 1. The predicted molar refractivity (Wildman–Crippen MR) is 35.8 cm³/mol. The summed E-state index contributed by atoms with van der Waals surface area (Å²) in [7, 11) is 0. The number of carbonyl (C=O) groups excluding carboxylic acids is 2. The van der Waals surface area contributed by atoms with Crippen molar-refractivity contribution in [2.24, 2.45) is 11.5 Å². The fourth-order valence-corrected chi connectivity index (χ4v) is 0.453. The van der Waals surface area contributed by atoms with Crippen LogP contribution in [0.4, 0.5) is 8.67 Å². The van der Waals surface area contributed by atoms with E-state index >= 15 is 0 Å². The van der Waals surface area contributed by atoms with Crippen LogP contribution in [-0.4, -0.2) is 18.3 Å². The highest BCUT2D eigenvalue weighted by molar-refractivity contribution is 7.92. The van der Waals surface area contributed by atoms with E-state index < -0.39 is 6.03 Å². The Morgan fingerprint density at radius 2 is 2.10 bits per heavy atom. The maximum absolute atomic E-state index is 10.0. The van der Waals surface area contributed by atoms with E-state index in [0.29, 0.717) is 0 Å². The number of urea groups is 2. The minimum absolute atomic E-state index is 0. The number of hydrogen-bond acceptors (Lipinski definition) is 2. The van der Waals surface area contributed by atoms with Crippen LogP contribution in [0.15, 0.2) is 0 Å². The molecule has 0 atom stereocenters. The van der Waals surface area contributed by atoms with E-state index in [-0.39, 0.29) is 30.0 Å². The van der Waals surface area contributed by atoms with Gasteiger partial charge in [0.2, 0.25) is 0 Å². The summed E-state index contributed by atoms with van der Waals surface area (Å²) in [5.41, 5.74) is 9.73. The number of primary amides is 2. The molecule has 0 unspecified atom stereocenters. The van der Waals surface area contributed by atoms with Gasteiger partial charge < -0.3 is 35.4 Å². The highest BCUT2D eigenvalue weighted by Crippen LogP contribution is 1.98. The van der Waals surface area contributed by atoms with Crippen LogP contribution in [0, 0.1) is 0 Å². The first kappa shape index (κ1) is 12.5. The minimum atomic E-state index is -0.735. The van der Waals surface area contributed by atoms with Gasteiger partial charge >= 0.3 is 24.1 Å². The second kappa shape index (κ2) is 6.93. The van der Waals surface area contributed by atoms with Gasteiger partial charge in [0.25, 0.3) is 0 Å². The zero-order valence-corrected chi connectivity index (χ0v) is 8.23. The molecular formula is C3H8IN3O2S. The number of nitrogens with one attached hydrogen (secondary N) is 1. The molecule has 60 valence electrons. The van der Waals surface area contributed by atoms with Crippen LogP contribution in [0.1, 0.15) is 0 Å². The molecule has 0 fully saturated rings. The highest BCUT2D eigenvalue weighted by Gasteiger charge is 2.06. The van der Waals surface area contributed by atoms with Crippen molar-refractivity contribution < 1.29 is 32.6 Å². The molecule has 5 nitrogen and oxygen atoms in total. The first-order valence-corrected chi connectivity index (χ1v) is 3.21. The molecule has 0 aliphatic heterocycles. The van der Waals surface area contributed by atoms with Gasteiger partial charge in [0.1, 0.15) is 0 Å². The summed E-state index contributed by atoms with van der Waals surface area (Å²) >= 11 is 1.02. The van der Waals surface area contributed by atoms with E-state index in [1.165, 1.54) is 0 Å². The molecule has 0 radical (unpaired) electrons. The van der Waals surface area contributed by atoms with Crippen molar-refractivity contribution in [2.75, 3.05) is 6.26 Å². The van der Waals surface area contributed by atoms with Crippen molar-refractivity contribution in [3.05, 3.63) is 0 Å². The van der Waals surface area contributed by atoms with Crippen molar-refractivity contribution in [1.29, 1.82) is 0 Å². The van der Waals surface area contributed by atoms with Gasteiger partial charge in [0, 0.05) is 0 Å². The van der Waals surface area contributed by atoms with Crippen molar-refractivity contribution in [3.63, 3.8) is 0 Å². The molecule has 7 heteroatoms. The first-order valence-electron chi connectivity index (χ1n) is 2.06. The largest absolute Gasteiger partial charge is 1.00 e. The number of rotatable bonds is 1. The van der Waals surface area contributed by atoms with Crippen LogP contribution >= 0.6 is 12.0 Å². The molecule has 0 saturated carbocycles. The summed E-state index contributed by atoms with van der Waals surface area (Å²) in [6.45, 7) is 0. The summed E-state index contributed by atoms with van der Waals surface area (Å²) in [6.07, 6.45) is 1.66. The van der Waals surface area contributed by atoms with E-state index in [2.05, 4.69) is 9.60 Å². The fraction of sp³-hybridized carbons (Fsp3) is 0.333. The number of halogens is 1. The normalized spacial score (nSPS) is 9.90. The second-order valence-corrected chi connectivity index (χ2v) is 1.60. The van der Waals surface area contributed by atoms with E-state index in [9.17, 15) is 4.79 Å². The molecule has 0 saturated heterocycles. The summed E-state index contributed by atoms with van der Waals surface area (Å²) in [5.74, 6) is 0. The Kier molecular flexibility index (Phi) is 8.66. The average molecular weight is 277 g/mol. The SMILES string of the molecule is CS[O+]=C(N)NC(N)=O.[I-]. The van der Waals surface area contributed by atoms with Crippen molar-refractivity contribution in [3.8, 4) is 0 Å². The van der Waals surface area contributed by atoms with Crippen molar-refractivity contribution in [1.82, 2.24) is 5.32 Å². The predicted octanol–water partition coefficient (Wildman–Crippen LogP) is -3.45. The van der Waals surface area contributed by atoms with E-state index in [4.69, 9.17) is 5.73 Å². The standard InChI is InChI=1S/C3H7N3O2S.HI/c1-9-8-3(5)6-2(4)7;/h5H2,1H3,(H2-,4,6,7);1H. The van der Waals surface area contributed by atoms with Gasteiger partial charge in [-0.15, -0.1) is 3.87 Å². The molecule has 4 amide bonds. The van der Waals surface area contributed by atoms with Crippen molar-refractivity contribution >= 4 is 24.1 Å². The van der Waals surface area contributed by atoms with Crippen LogP contribution < -0.4 is 40.8 Å². The Morgan fingerprint density at radius 1 is 1.60 bits per heavy atom. The van der Waals surface area contributed by atoms with Crippen LogP contribution in [-0.2, 0) is 0 Å². The molecule has 5 N–H and O–H groups in total. The molecule has 0 heterocycles. The first-order chi connectivity index (χ1) is 4.16. The Labute approximate surface area is 79.8 Å². The van der Waals surface area contributed by atoms with Gasteiger partial charge in [-0.1, -0.05) is 0 Å². The molecular weight excluding hydrogens is 269 g/mol. The van der Waals surface area contributed by atoms with Gasteiger partial charge in [-0.2, -0.15) is 0 Å². The van der Waals surface area contributed by atoms with E-state index in [1.807, 2.05) is 5.32 Å². The third-order valence-corrected chi connectivity index (χ3v) is 0.766. The molecule has 0 aromatic carbocycles. The molecule has 0 aromatic rings. The van der Waals surface area contributed by atoms with Crippen LogP contribution in [0.25, 0.3) is 0 Å². The minimum Gasteiger partial charge on any atom is -1.00 e. The Hall–Kier alpha value is -0.180. The van der Waals surface area contributed by atoms with Gasteiger partial charge in [0.05, 0.1) is 6.26 Å². The zero-order valence-electron chi connectivity index (χ0n) is 5.26. The van der Waals surface area contributed by atoms with Gasteiger partial charge in [-0.05, 0) is 0 Å². The Bertz CT molecular complexity index is 140. The lowest BCUT2D eigenvalue weighted by Crippen LogP contribution is -3.00. The molecule has 0 aliphatic rings. The lowest BCUT2D eigenvalue weighted by atomic mass is 10.9. The third kappa shape index (κ3) is 7.82. The topological polar surface area (TPSA) is 92.4 Å². The quantitative estimate of drug-likeness (QED) is 0.264. The molecule has 10 heavy (non-hydrogen) atoms. The zero-order chi connectivity index (χ0) is 7.28. The number of hydrogen-bond donors (Lipinski definition) is 3. The van der Waals surface area contributed by atoms with Gasteiger partial charge in [0.15, 0.2) is 0 Å². The maximum atomic E-state index is 10.0. The smallest absolute Gasteiger partial charge is 0.525 e. The number of imide groups is 1. The summed E-state index contributed by atoms with van der Waals surface area (Å²) in [4.78, 5) is 10.0. The third-order valence-electron chi connectivity index (χ3n) is 0.420. The van der Waals surface area contributed by atoms with Crippen LogP contribution in [0.2, 0.25) is 0 Å². The Balaban J connectivity index is 0. The molecule has 0 rings (SSSR count). The summed E-state index contributed by atoms with van der Waals surface area (Å²) in [5, 5.41) is 2.03. The van der Waals surface area contributed by atoms with Crippen LogP contribution in [0.5, 0.6) is 0 Å². The lowest BCUT2D eigenvalue weighted by Gasteiger charge is -1.84. The molecule has 0 spiro atoms. The number of nitrogens with two attached hydrogens (primary N) is 2. The average Bonchev–Trinajstić information content (AvgIpc) is 1.63. The fourth-order valence-electron chi connectivity index (χ4n) is 0.232. The summed E-state index contributed by atoms with van der Waals surface area (Å²) < 4.78 is 4.55. The van der Waals surface area contributed by atoms with E-state index in [1.54, 1.807) is 6.26 Å². The maximum Gasteiger partial charge on any atom is 0.525 e. The lowest BCUT2D eigenvalue weighted by molar-refractivity contribution is -0.0000123. The summed E-state index contributed by atoms with van der Waals surface area (Å²) in [6, 6.07) is -0.837.